The second-order valence-electron chi connectivity index (χ2n) is 5.55. The van der Waals surface area contributed by atoms with Crippen LogP contribution < -0.4 is 5.32 Å². The molecule has 0 radical (unpaired) electrons. The van der Waals surface area contributed by atoms with Crippen LogP contribution in [0.15, 0.2) is 54.6 Å². The fourth-order valence-electron chi connectivity index (χ4n) is 2.58. The molecule has 0 spiro atoms. The molecule has 0 amide bonds. The van der Waals surface area contributed by atoms with E-state index in [1.807, 2.05) is 12.1 Å². The second-order valence-corrected chi connectivity index (χ2v) is 5.55. The molecule has 0 aliphatic heterocycles. The van der Waals surface area contributed by atoms with Gasteiger partial charge in [-0.3, -0.25) is 4.57 Å². The summed E-state index contributed by atoms with van der Waals surface area (Å²) in [6, 6.07) is 19.3. The molecular weight excluding hydrogens is 258 g/mol. The van der Waals surface area contributed by atoms with E-state index in [1.54, 1.807) is 0 Å². The molecule has 3 aromatic rings. The lowest BCUT2D eigenvalue weighted by Gasteiger charge is -2.11. The average Bonchev–Trinajstić information content (AvgIpc) is 2.86. The molecule has 0 saturated heterocycles. The van der Waals surface area contributed by atoms with Crippen molar-refractivity contribution in [3.63, 3.8) is 0 Å². The summed E-state index contributed by atoms with van der Waals surface area (Å²) in [5.41, 5.74) is 3.40. The van der Waals surface area contributed by atoms with E-state index in [4.69, 9.17) is 4.98 Å². The third-order valence-electron chi connectivity index (χ3n) is 3.55. The predicted octanol–water partition coefficient (Wildman–Crippen LogP) is 3.57. The van der Waals surface area contributed by atoms with Gasteiger partial charge in [0.2, 0.25) is 0 Å². The van der Waals surface area contributed by atoms with Crippen molar-refractivity contribution in [2.24, 2.45) is 0 Å². The number of para-hydroxylation sites is 3. The highest BCUT2D eigenvalue weighted by Gasteiger charge is 2.11. The Kier molecular flexibility index (Phi) is 4.02. The van der Waals surface area contributed by atoms with Crippen LogP contribution in [0.1, 0.15) is 19.7 Å². The van der Waals surface area contributed by atoms with Crippen molar-refractivity contribution in [3.8, 4) is 5.69 Å². The van der Waals surface area contributed by atoms with E-state index in [1.165, 1.54) is 11.2 Å². The number of benzene rings is 2. The Balaban J connectivity index is 2.02. The normalized spacial score (nSPS) is 11.4. The molecule has 21 heavy (non-hydrogen) atoms. The van der Waals surface area contributed by atoms with Crippen LogP contribution in [0.4, 0.5) is 0 Å². The van der Waals surface area contributed by atoms with Gasteiger partial charge < -0.3 is 5.32 Å². The van der Waals surface area contributed by atoms with Gasteiger partial charge in [0.25, 0.3) is 0 Å². The molecule has 0 bridgehead atoms. The van der Waals surface area contributed by atoms with Crippen molar-refractivity contribution in [3.05, 3.63) is 60.4 Å². The van der Waals surface area contributed by atoms with Gasteiger partial charge >= 0.3 is 0 Å². The van der Waals surface area contributed by atoms with Crippen LogP contribution in [0.5, 0.6) is 0 Å². The minimum Gasteiger partial charge on any atom is -0.314 e. The number of nitrogens with one attached hydrogen (secondary N) is 1. The van der Waals surface area contributed by atoms with Gasteiger partial charge in [0.15, 0.2) is 0 Å². The van der Waals surface area contributed by atoms with E-state index in [-0.39, 0.29) is 0 Å². The maximum Gasteiger partial charge on any atom is 0.115 e. The van der Waals surface area contributed by atoms with Crippen LogP contribution in [0.2, 0.25) is 0 Å². The van der Waals surface area contributed by atoms with Crippen LogP contribution in [-0.4, -0.2) is 22.1 Å². The zero-order valence-corrected chi connectivity index (χ0v) is 12.6. The number of hydrogen-bond donors (Lipinski definition) is 1. The molecule has 0 unspecified atom stereocenters. The Labute approximate surface area is 125 Å². The van der Waals surface area contributed by atoms with Crippen LogP contribution in [-0.2, 0) is 6.42 Å². The molecule has 1 heterocycles. The number of aromatic nitrogens is 2. The van der Waals surface area contributed by atoms with E-state index < -0.39 is 0 Å². The van der Waals surface area contributed by atoms with Gasteiger partial charge in [-0.15, -0.1) is 0 Å². The molecule has 1 N–H and O–H groups in total. The van der Waals surface area contributed by atoms with Gasteiger partial charge in [-0.25, -0.2) is 4.98 Å². The Morgan fingerprint density at radius 3 is 2.48 bits per heavy atom. The van der Waals surface area contributed by atoms with Gasteiger partial charge in [0, 0.05) is 24.7 Å². The van der Waals surface area contributed by atoms with Crippen LogP contribution in [0.25, 0.3) is 16.7 Å². The number of rotatable bonds is 5. The third kappa shape index (κ3) is 2.98. The molecule has 0 aliphatic carbocycles. The largest absolute Gasteiger partial charge is 0.314 e. The summed E-state index contributed by atoms with van der Waals surface area (Å²) < 4.78 is 2.26. The third-order valence-corrected chi connectivity index (χ3v) is 3.55. The van der Waals surface area contributed by atoms with E-state index in [0.717, 1.165) is 24.3 Å². The van der Waals surface area contributed by atoms with Gasteiger partial charge in [-0.05, 0) is 24.3 Å². The first kappa shape index (κ1) is 13.8. The minimum atomic E-state index is 0.500. The first-order chi connectivity index (χ1) is 10.3. The number of fused-ring (bicyclic) bond motifs is 1. The van der Waals surface area contributed by atoms with Crippen molar-refractivity contribution in [2.75, 3.05) is 6.54 Å². The number of hydrogen-bond acceptors (Lipinski definition) is 2. The molecule has 108 valence electrons. The fraction of sp³-hybridized carbons (Fsp3) is 0.278. The summed E-state index contributed by atoms with van der Waals surface area (Å²) in [6.45, 7) is 5.27. The Morgan fingerprint density at radius 1 is 1.00 bits per heavy atom. The second kappa shape index (κ2) is 6.10. The fourth-order valence-corrected chi connectivity index (χ4v) is 2.58. The van der Waals surface area contributed by atoms with Crippen molar-refractivity contribution >= 4 is 11.0 Å². The lowest BCUT2D eigenvalue weighted by atomic mass is 10.2. The highest BCUT2D eigenvalue weighted by molar-refractivity contribution is 5.78. The molecule has 0 aliphatic rings. The first-order valence-electron chi connectivity index (χ1n) is 7.51. The highest BCUT2D eigenvalue weighted by Crippen LogP contribution is 2.21. The monoisotopic (exact) mass is 279 g/mol. The number of imidazole rings is 1. The van der Waals surface area contributed by atoms with Gasteiger partial charge in [-0.1, -0.05) is 44.2 Å². The Bertz CT molecular complexity index is 714. The predicted molar refractivity (Wildman–Crippen MR) is 87.9 cm³/mol. The van der Waals surface area contributed by atoms with E-state index >= 15 is 0 Å². The van der Waals surface area contributed by atoms with Crippen LogP contribution >= 0.6 is 0 Å². The lowest BCUT2D eigenvalue weighted by molar-refractivity contribution is 0.581. The quantitative estimate of drug-likeness (QED) is 0.774. The summed E-state index contributed by atoms with van der Waals surface area (Å²) in [6.07, 6.45) is 0.918. The summed E-state index contributed by atoms with van der Waals surface area (Å²) in [5.74, 6) is 1.11. The molecule has 3 heteroatoms. The molecule has 0 saturated carbocycles. The van der Waals surface area contributed by atoms with E-state index in [9.17, 15) is 0 Å². The standard InChI is InChI=1S/C18H21N3/c1-14(2)19-13-12-18-20-16-10-6-7-11-17(16)21(18)15-8-4-3-5-9-15/h3-11,14,19H,12-13H2,1-2H3. The Morgan fingerprint density at radius 2 is 1.71 bits per heavy atom. The van der Waals surface area contributed by atoms with Gasteiger partial charge in [0.05, 0.1) is 11.0 Å². The topological polar surface area (TPSA) is 29.9 Å². The molecule has 0 fully saturated rings. The van der Waals surface area contributed by atoms with Crippen molar-refractivity contribution in [1.82, 2.24) is 14.9 Å². The maximum atomic E-state index is 4.81. The SMILES string of the molecule is CC(C)NCCc1nc2ccccc2n1-c1ccccc1. The number of nitrogens with zero attached hydrogens (tertiary/aromatic N) is 2. The van der Waals surface area contributed by atoms with Crippen molar-refractivity contribution < 1.29 is 0 Å². The molecular formula is C18H21N3. The van der Waals surface area contributed by atoms with E-state index in [2.05, 4.69) is 66.2 Å². The zero-order chi connectivity index (χ0) is 14.7. The molecule has 2 aromatic carbocycles. The summed E-state index contributed by atoms with van der Waals surface area (Å²) >= 11 is 0. The van der Waals surface area contributed by atoms with Gasteiger partial charge in [0.1, 0.15) is 5.82 Å². The van der Waals surface area contributed by atoms with Crippen LogP contribution in [0, 0.1) is 0 Å². The van der Waals surface area contributed by atoms with E-state index in [0.29, 0.717) is 6.04 Å². The highest BCUT2D eigenvalue weighted by atomic mass is 15.1. The molecule has 1 aromatic heterocycles. The maximum absolute atomic E-state index is 4.81. The molecule has 3 nitrogen and oxygen atoms in total. The summed E-state index contributed by atoms with van der Waals surface area (Å²) in [5, 5.41) is 3.46. The zero-order valence-electron chi connectivity index (χ0n) is 12.6. The summed E-state index contributed by atoms with van der Waals surface area (Å²) in [7, 11) is 0. The summed E-state index contributed by atoms with van der Waals surface area (Å²) in [4.78, 5) is 4.81. The molecule has 0 atom stereocenters. The van der Waals surface area contributed by atoms with Crippen LogP contribution in [0.3, 0.4) is 0 Å². The van der Waals surface area contributed by atoms with Crippen molar-refractivity contribution in [2.45, 2.75) is 26.3 Å². The van der Waals surface area contributed by atoms with Crippen molar-refractivity contribution in [1.29, 1.82) is 0 Å². The minimum absolute atomic E-state index is 0.500. The molecule has 3 rings (SSSR count). The lowest BCUT2D eigenvalue weighted by Crippen LogP contribution is -2.25. The first-order valence-corrected chi connectivity index (χ1v) is 7.51. The Hall–Kier alpha value is -2.13. The smallest absolute Gasteiger partial charge is 0.115 e. The van der Waals surface area contributed by atoms with Gasteiger partial charge in [-0.2, -0.15) is 0 Å². The average molecular weight is 279 g/mol.